The summed E-state index contributed by atoms with van der Waals surface area (Å²) in [6, 6.07) is 12.3. The van der Waals surface area contributed by atoms with Crippen LogP contribution in [0, 0.1) is 17.3 Å². The zero-order chi connectivity index (χ0) is 13.9. The van der Waals surface area contributed by atoms with Gasteiger partial charge in [0.15, 0.2) is 6.19 Å². The lowest BCUT2D eigenvalue weighted by Crippen LogP contribution is -2.25. The Kier molecular flexibility index (Phi) is 3.49. The molecule has 2 rings (SSSR count). The number of nitrogens with zero attached hydrogens (tertiary/aromatic N) is 2. The Balaban J connectivity index is 2.49. The predicted octanol–water partition coefficient (Wildman–Crippen LogP) is 2.50. The molecular formula is C13H9FN2O2S. The number of rotatable bonds is 3. The minimum atomic E-state index is -4.02. The van der Waals surface area contributed by atoms with Crippen LogP contribution in [0.5, 0.6) is 0 Å². The van der Waals surface area contributed by atoms with Gasteiger partial charge in [-0.25, -0.2) is 4.39 Å². The third kappa shape index (κ3) is 2.56. The second kappa shape index (κ2) is 5.08. The van der Waals surface area contributed by atoms with Gasteiger partial charge in [-0.05, 0) is 36.4 Å². The van der Waals surface area contributed by atoms with Gasteiger partial charge in [0.1, 0.15) is 5.82 Å². The highest BCUT2D eigenvalue weighted by molar-refractivity contribution is 7.93. The Morgan fingerprint density at radius 2 is 1.58 bits per heavy atom. The molecule has 0 radical (unpaired) electrons. The number of anilines is 1. The van der Waals surface area contributed by atoms with Gasteiger partial charge in [-0.15, -0.1) is 0 Å². The van der Waals surface area contributed by atoms with Crippen molar-refractivity contribution in [1.82, 2.24) is 0 Å². The van der Waals surface area contributed by atoms with Gasteiger partial charge in [0.2, 0.25) is 0 Å². The Morgan fingerprint density at radius 3 is 2.11 bits per heavy atom. The molecule has 2 aromatic rings. The minimum absolute atomic E-state index is 0.140. The number of nitriles is 1. The summed E-state index contributed by atoms with van der Waals surface area (Å²) in [5.74, 6) is -0.540. The van der Waals surface area contributed by atoms with Crippen molar-refractivity contribution in [2.45, 2.75) is 4.90 Å². The molecule has 4 nitrogen and oxygen atoms in total. The smallest absolute Gasteiger partial charge is 0.207 e. The molecule has 0 aromatic heterocycles. The monoisotopic (exact) mass is 276 g/mol. The Labute approximate surface area is 110 Å². The average Bonchev–Trinajstić information content (AvgIpc) is 2.41. The van der Waals surface area contributed by atoms with Crippen molar-refractivity contribution in [1.29, 1.82) is 5.26 Å². The first-order valence-electron chi connectivity index (χ1n) is 5.31. The van der Waals surface area contributed by atoms with E-state index in [4.69, 9.17) is 5.26 Å². The number of benzene rings is 2. The fraction of sp³-hybridized carbons (Fsp3) is 0. The van der Waals surface area contributed by atoms with Gasteiger partial charge in [-0.1, -0.05) is 18.2 Å². The summed E-state index contributed by atoms with van der Waals surface area (Å²) >= 11 is 0. The molecule has 0 spiro atoms. The van der Waals surface area contributed by atoms with Crippen LogP contribution in [0.1, 0.15) is 0 Å². The van der Waals surface area contributed by atoms with Crippen molar-refractivity contribution in [3.05, 3.63) is 60.4 Å². The van der Waals surface area contributed by atoms with E-state index in [9.17, 15) is 12.8 Å². The molecule has 19 heavy (non-hydrogen) atoms. The summed E-state index contributed by atoms with van der Waals surface area (Å²) in [4.78, 5) is -0.140. The van der Waals surface area contributed by atoms with Crippen LogP contribution in [0.15, 0.2) is 59.5 Å². The summed E-state index contributed by atoms with van der Waals surface area (Å²) in [6.07, 6.45) is 1.62. The molecule has 6 heteroatoms. The number of hydrogen-bond donors (Lipinski definition) is 0. The molecule has 0 unspecified atom stereocenters. The van der Waals surface area contributed by atoms with Crippen LogP contribution in [0.2, 0.25) is 0 Å². The number of sulfonamides is 1. The maximum atomic E-state index is 12.8. The standard InChI is InChI=1S/C13H9FN2O2S/c14-11-6-8-13(9-7-11)19(17,18)16(10-15)12-4-2-1-3-5-12/h1-9H. The number of halogens is 1. The van der Waals surface area contributed by atoms with Crippen molar-refractivity contribution >= 4 is 15.7 Å². The average molecular weight is 276 g/mol. The molecule has 0 saturated carbocycles. The Hall–Kier alpha value is -2.39. The van der Waals surface area contributed by atoms with Gasteiger partial charge in [0, 0.05) is 0 Å². The van der Waals surface area contributed by atoms with Crippen LogP contribution >= 0.6 is 0 Å². The van der Waals surface area contributed by atoms with Crippen LogP contribution in [0.3, 0.4) is 0 Å². The van der Waals surface area contributed by atoms with Gasteiger partial charge >= 0.3 is 0 Å². The zero-order valence-corrected chi connectivity index (χ0v) is 10.5. The molecule has 0 bridgehead atoms. The van der Waals surface area contributed by atoms with Crippen LogP contribution in [0.4, 0.5) is 10.1 Å². The highest BCUT2D eigenvalue weighted by Gasteiger charge is 2.24. The molecule has 0 saturated heterocycles. The lowest BCUT2D eigenvalue weighted by molar-refractivity contribution is 0.595. The van der Waals surface area contributed by atoms with Crippen molar-refractivity contribution in [3.63, 3.8) is 0 Å². The summed E-state index contributed by atoms with van der Waals surface area (Å²) in [5, 5.41) is 9.05. The molecule has 0 aliphatic heterocycles. The van der Waals surface area contributed by atoms with Crippen molar-refractivity contribution in [3.8, 4) is 6.19 Å². The first-order valence-corrected chi connectivity index (χ1v) is 6.75. The number of hydrogen-bond acceptors (Lipinski definition) is 3. The molecule has 96 valence electrons. The van der Waals surface area contributed by atoms with Crippen LogP contribution in [0.25, 0.3) is 0 Å². The van der Waals surface area contributed by atoms with Gasteiger partial charge in [0.25, 0.3) is 10.0 Å². The predicted molar refractivity (Wildman–Crippen MR) is 68.1 cm³/mol. The maximum Gasteiger partial charge on any atom is 0.276 e. The van der Waals surface area contributed by atoms with Crippen molar-refractivity contribution in [2.24, 2.45) is 0 Å². The Bertz CT molecular complexity index is 707. The molecule has 0 N–H and O–H groups in total. The summed E-state index contributed by atoms with van der Waals surface area (Å²) in [7, 11) is -4.02. The van der Waals surface area contributed by atoms with Gasteiger partial charge < -0.3 is 0 Å². The van der Waals surface area contributed by atoms with Crippen molar-refractivity contribution < 1.29 is 12.8 Å². The van der Waals surface area contributed by atoms with Crippen LogP contribution in [-0.2, 0) is 10.0 Å². The van der Waals surface area contributed by atoms with Gasteiger partial charge in [-0.2, -0.15) is 18.0 Å². The van der Waals surface area contributed by atoms with E-state index in [1.54, 1.807) is 24.4 Å². The summed E-state index contributed by atoms with van der Waals surface area (Å²) in [5.41, 5.74) is 0.231. The van der Waals surface area contributed by atoms with E-state index >= 15 is 0 Å². The van der Waals surface area contributed by atoms with Crippen LogP contribution < -0.4 is 4.31 Å². The summed E-state index contributed by atoms with van der Waals surface area (Å²) in [6.45, 7) is 0. The SMILES string of the molecule is N#CN(c1ccccc1)S(=O)(=O)c1ccc(F)cc1. The van der Waals surface area contributed by atoms with Gasteiger partial charge in [-0.3, -0.25) is 0 Å². The topological polar surface area (TPSA) is 61.2 Å². The van der Waals surface area contributed by atoms with Crippen molar-refractivity contribution in [2.75, 3.05) is 4.31 Å². The fourth-order valence-electron chi connectivity index (χ4n) is 1.53. The minimum Gasteiger partial charge on any atom is -0.207 e. The molecule has 0 fully saturated rings. The highest BCUT2D eigenvalue weighted by Crippen LogP contribution is 2.22. The normalized spacial score (nSPS) is 10.7. The molecule has 0 atom stereocenters. The second-order valence-corrected chi connectivity index (χ2v) is 5.45. The Morgan fingerprint density at radius 1 is 1.00 bits per heavy atom. The van der Waals surface area contributed by atoms with Gasteiger partial charge in [0.05, 0.1) is 10.6 Å². The van der Waals surface area contributed by atoms with E-state index in [-0.39, 0.29) is 10.6 Å². The van der Waals surface area contributed by atoms with E-state index in [0.29, 0.717) is 4.31 Å². The quantitative estimate of drug-likeness (QED) is 0.639. The van der Waals surface area contributed by atoms with E-state index in [0.717, 1.165) is 24.3 Å². The maximum absolute atomic E-state index is 12.8. The fourth-order valence-corrected chi connectivity index (χ4v) is 2.72. The molecule has 0 amide bonds. The summed E-state index contributed by atoms with van der Waals surface area (Å²) < 4.78 is 37.9. The molecular weight excluding hydrogens is 267 g/mol. The third-order valence-corrected chi connectivity index (χ3v) is 4.07. The third-order valence-electron chi connectivity index (χ3n) is 2.43. The zero-order valence-electron chi connectivity index (χ0n) is 9.69. The number of para-hydroxylation sites is 1. The van der Waals surface area contributed by atoms with E-state index in [2.05, 4.69) is 0 Å². The lowest BCUT2D eigenvalue weighted by Gasteiger charge is -2.15. The lowest BCUT2D eigenvalue weighted by atomic mass is 10.3. The molecule has 0 heterocycles. The van der Waals surface area contributed by atoms with E-state index in [1.807, 2.05) is 0 Å². The van der Waals surface area contributed by atoms with E-state index < -0.39 is 15.8 Å². The molecule has 2 aromatic carbocycles. The first kappa shape index (κ1) is 13.1. The molecule has 0 aliphatic carbocycles. The second-order valence-electron chi connectivity index (χ2n) is 3.66. The highest BCUT2D eigenvalue weighted by atomic mass is 32.2. The molecule has 0 aliphatic rings. The largest absolute Gasteiger partial charge is 0.276 e. The van der Waals surface area contributed by atoms with Crippen LogP contribution in [-0.4, -0.2) is 8.42 Å². The van der Waals surface area contributed by atoms with E-state index in [1.165, 1.54) is 12.1 Å². The first-order chi connectivity index (χ1) is 9.05.